The zero-order chi connectivity index (χ0) is 42.3. The molecule has 2 aliphatic heterocycles. The number of aromatic nitrogens is 1. The van der Waals surface area contributed by atoms with E-state index in [1.807, 2.05) is 25.1 Å². The molecule has 0 bridgehead atoms. The third-order valence-electron chi connectivity index (χ3n) is 11.4. The monoisotopic (exact) mass is 832 g/mol. The van der Waals surface area contributed by atoms with E-state index in [0.29, 0.717) is 55.3 Å². The van der Waals surface area contributed by atoms with Gasteiger partial charge in [0.15, 0.2) is 5.69 Å². The summed E-state index contributed by atoms with van der Waals surface area (Å²) >= 11 is 5.43. The number of hydrogen-bond acceptors (Lipinski definition) is 10. The van der Waals surface area contributed by atoms with Crippen molar-refractivity contribution >= 4 is 64.1 Å². The van der Waals surface area contributed by atoms with Gasteiger partial charge in [0.2, 0.25) is 17.7 Å². The highest BCUT2D eigenvalue weighted by Crippen LogP contribution is 2.43. The lowest BCUT2D eigenvalue weighted by molar-refractivity contribution is -0.138. The number of nitriles is 1. The maximum absolute atomic E-state index is 14.1. The Balaban J connectivity index is 0.990. The molecule has 1 unspecified atom stereocenters. The molecule has 3 aromatic rings. The van der Waals surface area contributed by atoms with Crippen molar-refractivity contribution in [3.63, 3.8) is 0 Å². The number of likely N-dealkylation sites (tertiary alicyclic amines) is 1. The van der Waals surface area contributed by atoms with Gasteiger partial charge in [0, 0.05) is 30.5 Å². The summed E-state index contributed by atoms with van der Waals surface area (Å²) in [6.07, 6.45) is 1.91. The lowest BCUT2D eigenvalue weighted by Crippen LogP contribution is -2.63. The first kappa shape index (κ1) is 43.0. The largest absolute Gasteiger partial charge is 0.493 e. The molecule has 2 aromatic carbocycles. The second-order valence-electron chi connectivity index (χ2n) is 15.2. The topological polar surface area (TPSA) is 160 Å². The van der Waals surface area contributed by atoms with E-state index >= 15 is 0 Å². The molecule has 0 radical (unpaired) electrons. The zero-order valence-corrected chi connectivity index (χ0v) is 33.8. The van der Waals surface area contributed by atoms with E-state index in [1.54, 1.807) is 29.2 Å². The van der Waals surface area contributed by atoms with E-state index < -0.39 is 34.9 Å². The maximum atomic E-state index is 14.1. The van der Waals surface area contributed by atoms with Crippen LogP contribution in [-0.4, -0.2) is 83.9 Å². The van der Waals surface area contributed by atoms with Crippen molar-refractivity contribution in [2.75, 3.05) is 53.7 Å². The third kappa shape index (κ3) is 9.99. The quantitative estimate of drug-likeness (QED) is 0.118. The molecule has 4 amide bonds. The zero-order valence-electron chi connectivity index (χ0n) is 32.9. The number of carbonyl (C=O) groups excluding carboxylic acids is 4. The summed E-state index contributed by atoms with van der Waals surface area (Å²) in [4.78, 5) is 59.2. The van der Waals surface area contributed by atoms with Crippen LogP contribution in [0.5, 0.6) is 5.75 Å². The lowest BCUT2D eigenvalue weighted by Gasteiger charge is -2.49. The number of ether oxygens (including phenoxy) is 1. The number of hydrogen-bond donors (Lipinski definition) is 3. The van der Waals surface area contributed by atoms with E-state index in [9.17, 15) is 32.3 Å². The Bertz CT molecular complexity index is 2120. The summed E-state index contributed by atoms with van der Waals surface area (Å²) in [5.41, 5.74) is 1.15. The standard InChI is InChI=1S/C42H47F3N8O5S/c1-3-28-20-31(53(26-59)41(15-5-16-41)40(57)51(2)32-22-33(42(43,44)45)35(23-46)47-24-32)8-10-36(28)58-19-14-27-12-17-52(18-13-27)25-38(55)49-30-7-4-6-29(21-30)48-34-9-11-37(54)50-39(34)56/h4,6-8,10,20-22,24,26-27,34,48H,3,5,9,11-19,25H2,1-2H3,(H,49,55)(H,50,54,56). The van der Waals surface area contributed by atoms with E-state index in [2.05, 4.69) is 25.8 Å². The van der Waals surface area contributed by atoms with E-state index in [4.69, 9.17) is 22.2 Å². The number of rotatable bonds is 15. The molecule has 3 fully saturated rings. The SMILES string of the molecule is CCc1cc(N(C=S)C2(C(=O)N(C)c3cnc(C#N)c(C(F)(F)F)c3)CCC2)ccc1OCCC1CCN(CC(=O)Nc2cccc(NC3CCC(=O)NC3=O)c2)CC1. The number of anilines is 4. The van der Waals surface area contributed by atoms with Crippen molar-refractivity contribution in [3.05, 3.63) is 71.5 Å². The molecule has 0 spiro atoms. The highest BCUT2D eigenvalue weighted by Gasteiger charge is 2.51. The van der Waals surface area contributed by atoms with Crippen LogP contribution >= 0.6 is 12.2 Å². The summed E-state index contributed by atoms with van der Waals surface area (Å²) in [5.74, 6) is -0.0478. The fraction of sp³-hybridized carbons (Fsp3) is 0.452. The number of thiocarbonyl (C=S) groups is 1. The molecule has 3 heterocycles. The molecule has 59 heavy (non-hydrogen) atoms. The summed E-state index contributed by atoms with van der Waals surface area (Å²) in [6.45, 7) is 4.32. The van der Waals surface area contributed by atoms with Crippen molar-refractivity contribution < 1.29 is 37.1 Å². The number of nitrogens with one attached hydrogen (secondary N) is 3. The number of benzene rings is 2. The molecule has 3 N–H and O–H groups in total. The van der Waals surface area contributed by atoms with Gasteiger partial charge in [0.1, 0.15) is 23.4 Å². The molecule has 312 valence electrons. The first-order valence-corrected chi connectivity index (χ1v) is 20.2. The first-order valence-electron chi connectivity index (χ1n) is 19.7. The minimum atomic E-state index is -4.82. The van der Waals surface area contributed by atoms with Gasteiger partial charge in [-0.2, -0.15) is 18.4 Å². The van der Waals surface area contributed by atoms with Gasteiger partial charge in [-0.25, -0.2) is 4.98 Å². The number of carbonyl (C=O) groups is 4. The molecule has 1 saturated carbocycles. The maximum Gasteiger partial charge on any atom is 0.419 e. The number of piperidine rings is 2. The van der Waals surface area contributed by atoms with Gasteiger partial charge in [-0.15, -0.1) is 0 Å². The third-order valence-corrected chi connectivity index (χ3v) is 11.6. The fourth-order valence-corrected chi connectivity index (χ4v) is 8.20. The molecule has 6 rings (SSSR count). The van der Waals surface area contributed by atoms with Crippen LogP contribution < -0.4 is 30.5 Å². The number of amides is 4. The van der Waals surface area contributed by atoms with Gasteiger partial charge >= 0.3 is 6.18 Å². The Morgan fingerprint density at radius 3 is 2.49 bits per heavy atom. The van der Waals surface area contributed by atoms with Gasteiger partial charge < -0.3 is 25.2 Å². The van der Waals surface area contributed by atoms with E-state index in [0.717, 1.165) is 67.2 Å². The van der Waals surface area contributed by atoms with Gasteiger partial charge in [-0.3, -0.25) is 29.4 Å². The molecule has 1 aromatic heterocycles. The summed E-state index contributed by atoms with van der Waals surface area (Å²) < 4.78 is 47.3. The van der Waals surface area contributed by atoms with Crippen LogP contribution in [0.25, 0.3) is 0 Å². The van der Waals surface area contributed by atoms with Crippen molar-refractivity contribution in [3.8, 4) is 11.8 Å². The van der Waals surface area contributed by atoms with Crippen LogP contribution in [0.1, 0.15) is 75.1 Å². The predicted octanol–water partition coefficient (Wildman–Crippen LogP) is 6.22. The van der Waals surface area contributed by atoms with E-state index in [-0.39, 0.29) is 36.4 Å². The van der Waals surface area contributed by atoms with Crippen molar-refractivity contribution in [2.24, 2.45) is 5.92 Å². The molecule has 17 heteroatoms. The smallest absolute Gasteiger partial charge is 0.419 e. The summed E-state index contributed by atoms with van der Waals surface area (Å²) in [5, 5.41) is 17.6. The van der Waals surface area contributed by atoms with Crippen LogP contribution in [0.15, 0.2) is 54.7 Å². The normalized spacial score (nSPS) is 18.1. The fourth-order valence-electron chi connectivity index (χ4n) is 7.87. The van der Waals surface area contributed by atoms with E-state index in [1.165, 1.54) is 18.6 Å². The summed E-state index contributed by atoms with van der Waals surface area (Å²) in [7, 11) is 1.40. The number of nitrogens with zero attached hydrogens (tertiary/aromatic N) is 5. The number of pyridine rings is 1. The van der Waals surface area contributed by atoms with Crippen LogP contribution in [0.2, 0.25) is 0 Å². The molecule has 2 saturated heterocycles. The Labute approximate surface area is 346 Å². The molecular weight excluding hydrogens is 786 g/mol. The minimum Gasteiger partial charge on any atom is -0.493 e. The second-order valence-corrected chi connectivity index (χ2v) is 15.4. The molecular formula is C42H47F3N8O5S. The average molecular weight is 833 g/mol. The number of alkyl halides is 3. The van der Waals surface area contributed by atoms with Gasteiger partial charge in [0.25, 0.3) is 5.91 Å². The first-order chi connectivity index (χ1) is 28.2. The van der Waals surface area contributed by atoms with Crippen molar-refractivity contribution in [2.45, 2.75) is 82.5 Å². The Kier molecular flexibility index (Phi) is 13.5. The van der Waals surface area contributed by atoms with Crippen LogP contribution in [-0.2, 0) is 31.8 Å². The number of imide groups is 1. The predicted molar refractivity (Wildman–Crippen MR) is 220 cm³/mol. The Morgan fingerprint density at radius 1 is 1.10 bits per heavy atom. The van der Waals surface area contributed by atoms with Crippen LogP contribution in [0.3, 0.4) is 0 Å². The molecule has 3 aliphatic rings. The molecule has 1 aliphatic carbocycles. The van der Waals surface area contributed by atoms with Crippen molar-refractivity contribution in [1.82, 2.24) is 15.2 Å². The average Bonchev–Trinajstić information content (AvgIpc) is 3.20. The van der Waals surface area contributed by atoms with Crippen LogP contribution in [0, 0.1) is 17.2 Å². The minimum absolute atomic E-state index is 0.0767. The van der Waals surface area contributed by atoms with Gasteiger partial charge in [0.05, 0.1) is 36.1 Å². The Morgan fingerprint density at radius 2 is 1.85 bits per heavy atom. The van der Waals surface area contributed by atoms with Gasteiger partial charge in [-0.1, -0.05) is 25.2 Å². The van der Waals surface area contributed by atoms with Crippen LogP contribution in [0.4, 0.5) is 35.9 Å². The van der Waals surface area contributed by atoms with Crippen molar-refractivity contribution in [1.29, 1.82) is 5.26 Å². The highest BCUT2D eigenvalue weighted by atomic mass is 32.1. The van der Waals surface area contributed by atoms with Gasteiger partial charge in [-0.05, 0) is 118 Å². The lowest BCUT2D eigenvalue weighted by atomic mass is 9.74. The molecule has 13 nitrogen and oxygen atoms in total. The number of aryl methyl sites for hydroxylation is 1. The molecule has 1 atom stereocenters. The Hall–Kier alpha value is -5.60. The summed E-state index contributed by atoms with van der Waals surface area (Å²) in [6, 6.07) is 14.5. The highest BCUT2D eigenvalue weighted by molar-refractivity contribution is 7.79. The second kappa shape index (κ2) is 18.5. The number of halogens is 3. The number of likely N-dealkylation sites (N-methyl/N-ethyl adjacent to an activating group) is 1.